The van der Waals surface area contributed by atoms with Crippen LogP contribution >= 0.6 is 23.2 Å². The zero-order chi connectivity index (χ0) is 11.8. The van der Waals surface area contributed by atoms with Gasteiger partial charge in [-0.25, -0.2) is 0 Å². The normalized spacial score (nSPS) is 19.4. The fourth-order valence-corrected chi connectivity index (χ4v) is 2.27. The number of rotatable bonds is 5. The highest BCUT2D eigenvalue weighted by Crippen LogP contribution is 2.35. The van der Waals surface area contributed by atoms with Crippen LogP contribution in [-0.2, 0) is 0 Å². The monoisotopic (exact) mass is 272 g/mol. The van der Waals surface area contributed by atoms with Crippen molar-refractivity contribution < 1.29 is 0 Å². The van der Waals surface area contributed by atoms with Gasteiger partial charge in [0.1, 0.15) is 0 Å². The maximum Gasteiger partial charge on any atom is 0.230 e. The molecule has 0 unspecified atom stereocenters. The maximum absolute atomic E-state index is 5.83. The molecule has 0 atom stereocenters. The lowest BCUT2D eigenvalue weighted by Crippen LogP contribution is -2.30. The van der Waals surface area contributed by atoms with E-state index in [9.17, 15) is 0 Å². The van der Waals surface area contributed by atoms with Crippen LogP contribution in [-0.4, -0.2) is 28.0 Å². The van der Waals surface area contributed by atoms with Crippen molar-refractivity contribution in [3.8, 4) is 0 Å². The highest BCUT2D eigenvalue weighted by molar-refractivity contribution is 6.31. The molecule has 0 spiro atoms. The second-order valence-corrected chi connectivity index (χ2v) is 5.64. The molecule has 0 saturated heterocycles. The highest BCUT2D eigenvalue weighted by Gasteiger charge is 2.30. The van der Waals surface area contributed by atoms with Crippen molar-refractivity contribution in [3.05, 3.63) is 10.6 Å². The fourth-order valence-electron chi connectivity index (χ4n) is 1.92. The summed E-state index contributed by atoms with van der Waals surface area (Å²) in [6.45, 7) is 2.04. The van der Waals surface area contributed by atoms with Crippen molar-refractivity contribution >= 4 is 29.2 Å². The van der Waals surface area contributed by atoms with Crippen molar-refractivity contribution in [2.24, 2.45) is 11.8 Å². The summed E-state index contributed by atoms with van der Waals surface area (Å²) in [5, 5.41) is 0.355. The lowest BCUT2D eigenvalue weighted by atomic mass is 10.3. The molecule has 2 aliphatic carbocycles. The van der Waals surface area contributed by atoms with E-state index in [0.717, 1.165) is 24.9 Å². The Hall–Kier alpha value is -0.610. The number of hydrogen-bond acceptors (Lipinski definition) is 4. The van der Waals surface area contributed by atoms with E-state index in [1.807, 2.05) is 0 Å². The summed E-state index contributed by atoms with van der Waals surface area (Å²) < 4.78 is 0. The molecule has 0 radical (unpaired) electrons. The summed E-state index contributed by atoms with van der Waals surface area (Å²) in [7, 11) is 0. The number of hydrogen-bond donors (Lipinski definition) is 0. The predicted octanol–water partition coefficient (Wildman–Crippen LogP) is 2.80. The van der Waals surface area contributed by atoms with Crippen molar-refractivity contribution in [1.29, 1.82) is 0 Å². The number of aromatic nitrogens is 3. The third-order valence-corrected chi connectivity index (χ3v) is 3.54. The number of anilines is 1. The molecule has 2 aliphatic rings. The van der Waals surface area contributed by atoms with E-state index >= 15 is 0 Å². The van der Waals surface area contributed by atoms with E-state index < -0.39 is 0 Å². The third-order valence-electron chi connectivity index (χ3n) is 3.20. The first-order valence-electron chi connectivity index (χ1n) is 6.03. The Bertz CT molecular complexity index is 384. The van der Waals surface area contributed by atoms with Crippen molar-refractivity contribution in [3.63, 3.8) is 0 Å². The summed E-state index contributed by atoms with van der Waals surface area (Å²) in [5.41, 5.74) is 0. The molecule has 0 aliphatic heterocycles. The van der Waals surface area contributed by atoms with Gasteiger partial charge < -0.3 is 4.90 Å². The molecule has 1 heterocycles. The Morgan fingerprint density at radius 3 is 1.76 bits per heavy atom. The van der Waals surface area contributed by atoms with Crippen LogP contribution in [0.4, 0.5) is 5.95 Å². The summed E-state index contributed by atoms with van der Waals surface area (Å²) in [5.74, 6) is 2.22. The van der Waals surface area contributed by atoms with Gasteiger partial charge in [0.25, 0.3) is 0 Å². The van der Waals surface area contributed by atoms with Gasteiger partial charge in [-0.15, -0.1) is 0 Å². The van der Waals surface area contributed by atoms with Crippen LogP contribution in [0.15, 0.2) is 0 Å². The molecule has 4 nitrogen and oxygen atoms in total. The van der Waals surface area contributed by atoms with Crippen LogP contribution in [0.5, 0.6) is 0 Å². The van der Waals surface area contributed by atoms with Crippen LogP contribution in [0, 0.1) is 11.8 Å². The molecule has 0 N–H and O–H groups in total. The van der Waals surface area contributed by atoms with E-state index in [-0.39, 0.29) is 10.6 Å². The molecular weight excluding hydrogens is 259 g/mol. The Morgan fingerprint density at radius 1 is 0.882 bits per heavy atom. The summed E-state index contributed by atoms with van der Waals surface area (Å²) >= 11 is 11.7. The Labute approximate surface area is 110 Å². The van der Waals surface area contributed by atoms with Crippen LogP contribution in [0.1, 0.15) is 25.7 Å². The van der Waals surface area contributed by atoms with E-state index in [1.54, 1.807) is 0 Å². The van der Waals surface area contributed by atoms with Crippen molar-refractivity contribution in [2.45, 2.75) is 25.7 Å². The molecule has 0 amide bonds. The maximum atomic E-state index is 5.83. The van der Waals surface area contributed by atoms with Gasteiger partial charge in [-0.2, -0.15) is 15.0 Å². The van der Waals surface area contributed by atoms with E-state index in [4.69, 9.17) is 23.2 Å². The van der Waals surface area contributed by atoms with Gasteiger partial charge in [-0.1, -0.05) is 0 Å². The molecule has 2 fully saturated rings. The van der Waals surface area contributed by atoms with E-state index in [1.165, 1.54) is 25.7 Å². The first kappa shape index (κ1) is 11.5. The molecule has 1 aromatic rings. The third kappa shape index (κ3) is 3.19. The molecule has 17 heavy (non-hydrogen) atoms. The van der Waals surface area contributed by atoms with Crippen molar-refractivity contribution in [2.75, 3.05) is 18.0 Å². The Kier molecular flexibility index (Phi) is 3.09. The minimum absolute atomic E-state index is 0.177. The van der Waals surface area contributed by atoms with Crippen LogP contribution in [0.2, 0.25) is 10.6 Å². The quantitative estimate of drug-likeness (QED) is 0.827. The fraction of sp³-hybridized carbons (Fsp3) is 0.727. The number of nitrogens with zero attached hydrogens (tertiary/aromatic N) is 4. The Balaban J connectivity index is 1.78. The molecule has 0 bridgehead atoms. The standard InChI is InChI=1S/C11H14Cl2N4/c12-9-14-10(13)16-11(15-9)17(5-7-1-2-7)6-8-3-4-8/h7-8H,1-6H2. The van der Waals surface area contributed by atoms with Gasteiger partial charge in [0, 0.05) is 13.1 Å². The van der Waals surface area contributed by atoms with Crippen LogP contribution < -0.4 is 4.90 Å². The van der Waals surface area contributed by atoms with Crippen LogP contribution in [0.3, 0.4) is 0 Å². The summed E-state index contributed by atoms with van der Waals surface area (Å²) in [4.78, 5) is 14.4. The van der Waals surface area contributed by atoms with E-state index in [0.29, 0.717) is 5.95 Å². The first-order valence-corrected chi connectivity index (χ1v) is 6.78. The van der Waals surface area contributed by atoms with Gasteiger partial charge in [0.05, 0.1) is 0 Å². The molecule has 1 aromatic heterocycles. The zero-order valence-electron chi connectivity index (χ0n) is 9.44. The summed E-state index contributed by atoms with van der Waals surface area (Å²) in [6, 6.07) is 0. The topological polar surface area (TPSA) is 41.9 Å². The molecule has 92 valence electrons. The van der Waals surface area contributed by atoms with Gasteiger partial charge >= 0.3 is 0 Å². The van der Waals surface area contributed by atoms with Gasteiger partial charge in [0.15, 0.2) is 0 Å². The molecule has 2 saturated carbocycles. The van der Waals surface area contributed by atoms with Crippen molar-refractivity contribution in [1.82, 2.24) is 15.0 Å². The minimum atomic E-state index is 0.177. The average Bonchev–Trinajstić information content (AvgIpc) is 3.09. The predicted molar refractivity (Wildman–Crippen MR) is 67.5 cm³/mol. The van der Waals surface area contributed by atoms with E-state index in [2.05, 4.69) is 19.9 Å². The zero-order valence-corrected chi connectivity index (χ0v) is 11.0. The first-order chi connectivity index (χ1) is 8.20. The highest BCUT2D eigenvalue weighted by atomic mass is 35.5. The average molecular weight is 273 g/mol. The Morgan fingerprint density at radius 2 is 1.35 bits per heavy atom. The minimum Gasteiger partial charge on any atom is -0.340 e. The molecule has 0 aromatic carbocycles. The van der Waals surface area contributed by atoms with Gasteiger partial charge in [-0.3, -0.25) is 0 Å². The molecular formula is C11H14Cl2N4. The second-order valence-electron chi connectivity index (χ2n) is 4.97. The van der Waals surface area contributed by atoms with Crippen LogP contribution in [0.25, 0.3) is 0 Å². The molecule has 3 rings (SSSR count). The lowest BCUT2D eigenvalue weighted by Gasteiger charge is -2.22. The lowest BCUT2D eigenvalue weighted by molar-refractivity contribution is 0.660. The second kappa shape index (κ2) is 4.58. The SMILES string of the molecule is Clc1nc(Cl)nc(N(CC2CC2)CC2CC2)n1. The smallest absolute Gasteiger partial charge is 0.230 e. The molecule has 6 heteroatoms. The van der Waals surface area contributed by atoms with Gasteiger partial charge in [0.2, 0.25) is 16.5 Å². The van der Waals surface area contributed by atoms with Gasteiger partial charge in [-0.05, 0) is 60.7 Å². The number of halogens is 2. The summed E-state index contributed by atoms with van der Waals surface area (Å²) in [6.07, 6.45) is 5.25. The largest absolute Gasteiger partial charge is 0.340 e.